The Labute approximate surface area is 126 Å². The normalized spacial score (nSPS) is 10.6. The van der Waals surface area contributed by atoms with Gasteiger partial charge in [-0.05, 0) is 36.8 Å². The van der Waals surface area contributed by atoms with Crippen LogP contribution in [0.4, 0.5) is 5.82 Å². The number of amides is 1. The van der Waals surface area contributed by atoms with Crippen molar-refractivity contribution < 1.29 is 4.79 Å². The van der Waals surface area contributed by atoms with Gasteiger partial charge in [-0.2, -0.15) is 5.10 Å². The lowest BCUT2D eigenvalue weighted by Gasteiger charge is -2.08. The molecule has 22 heavy (non-hydrogen) atoms. The molecule has 3 rings (SSSR count). The number of carbonyl (C=O) groups is 1. The van der Waals surface area contributed by atoms with Crippen LogP contribution < -0.4 is 10.7 Å². The molecule has 0 aliphatic carbocycles. The van der Waals surface area contributed by atoms with E-state index < -0.39 is 5.91 Å². The van der Waals surface area contributed by atoms with Gasteiger partial charge in [0.15, 0.2) is 5.69 Å². The molecule has 1 aromatic carbocycles. The molecule has 2 heterocycles. The number of nitrogens with one attached hydrogen (secondary N) is 1. The Morgan fingerprint density at radius 3 is 2.77 bits per heavy atom. The molecule has 2 aromatic heterocycles. The minimum Gasteiger partial charge on any atom is -0.305 e. The molecule has 0 saturated heterocycles. The zero-order chi connectivity index (χ0) is 15.7. The standard InChI is InChI=1S/C16H14N4O2/c1-10-7-8-17-13(9-10)18-16(22)14-15(21)11-5-3-4-6-12(11)20(2)19-14/h3-9H,1-2H3,(H,17,18,22). The minimum absolute atomic E-state index is 0.149. The third kappa shape index (κ3) is 2.46. The molecule has 0 fully saturated rings. The topological polar surface area (TPSA) is 76.9 Å². The monoisotopic (exact) mass is 294 g/mol. The smallest absolute Gasteiger partial charge is 0.281 e. The van der Waals surface area contributed by atoms with E-state index in [2.05, 4.69) is 15.4 Å². The van der Waals surface area contributed by atoms with E-state index >= 15 is 0 Å². The number of para-hydroxylation sites is 1. The van der Waals surface area contributed by atoms with Crippen LogP contribution >= 0.6 is 0 Å². The predicted octanol–water partition coefficient (Wildman–Crippen LogP) is 1.89. The molecule has 0 bridgehead atoms. The fraction of sp³-hybridized carbons (Fsp3) is 0.125. The van der Waals surface area contributed by atoms with Crippen LogP contribution in [0, 0.1) is 6.92 Å². The molecule has 0 aliphatic heterocycles. The summed E-state index contributed by atoms with van der Waals surface area (Å²) in [5.41, 5.74) is 1.10. The van der Waals surface area contributed by atoms with Crippen molar-refractivity contribution in [3.05, 3.63) is 64.1 Å². The summed E-state index contributed by atoms with van der Waals surface area (Å²) < 4.78 is 1.52. The summed E-state index contributed by atoms with van der Waals surface area (Å²) in [5.74, 6) is -0.175. The Hall–Kier alpha value is -3.02. The molecule has 0 spiro atoms. The van der Waals surface area contributed by atoms with E-state index in [9.17, 15) is 9.59 Å². The lowest BCUT2D eigenvalue weighted by molar-refractivity contribution is 0.101. The molecule has 3 aromatic rings. The number of rotatable bonds is 2. The Kier molecular flexibility index (Phi) is 3.42. The van der Waals surface area contributed by atoms with Crippen molar-refractivity contribution in [2.45, 2.75) is 6.92 Å². The third-order valence-corrected chi connectivity index (χ3v) is 3.33. The van der Waals surface area contributed by atoms with Gasteiger partial charge in [0.05, 0.1) is 5.52 Å². The molecule has 0 atom stereocenters. The molecule has 1 amide bonds. The average Bonchev–Trinajstić information content (AvgIpc) is 2.51. The first-order chi connectivity index (χ1) is 10.6. The number of hydrogen-bond donors (Lipinski definition) is 1. The SMILES string of the molecule is Cc1ccnc(NC(=O)c2nn(C)c3ccccc3c2=O)c1. The number of aromatic nitrogens is 3. The summed E-state index contributed by atoms with van der Waals surface area (Å²) in [6, 6.07) is 10.6. The van der Waals surface area contributed by atoms with Crippen molar-refractivity contribution in [2.24, 2.45) is 7.05 Å². The second kappa shape index (κ2) is 5.40. The summed E-state index contributed by atoms with van der Waals surface area (Å²) in [6.07, 6.45) is 1.59. The van der Waals surface area contributed by atoms with Gasteiger partial charge in [-0.3, -0.25) is 14.3 Å². The van der Waals surface area contributed by atoms with Gasteiger partial charge in [0.25, 0.3) is 5.91 Å². The lowest BCUT2D eigenvalue weighted by Crippen LogP contribution is -2.26. The number of hydrogen-bond acceptors (Lipinski definition) is 4. The molecular formula is C16H14N4O2. The Balaban J connectivity index is 2.05. The van der Waals surface area contributed by atoms with Crippen molar-refractivity contribution in [3.8, 4) is 0 Å². The highest BCUT2D eigenvalue weighted by molar-refractivity contribution is 6.03. The van der Waals surface area contributed by atoms with Gasteiger partial charge in [0.2, 0.25) is 5.43 Å². The largest absolute Gasteiger partial charge is 0.305 e. The van der Waals surface area contributed by atoms with Crippen LogP contribution in [0.5, 0.6) is 0 Å². The van der Waals surface area contributed by atoms with Crippen LogP contribution in [0.25, 0.3) is 10.9 Å². The van der Waals surface area contributed by atoms with Gasteiger partial charge in [-0.25, -0.2) is 4.98 Å². The predicted molar refractivity (Wildman–Crippen MR) is 83.9 cm³/mol. The molecule has 110 valence electrons. The van der Waals surface area contributed by atoms with Crippen LogP contribution in [-0.2, 0) is 7.05 Å². The van der Waals surface area contributed by atoms with Crippen molar-refractivity contribution in [1.82, 2.24) is 14.8 Å². The molecule has 0 unspecified atom stereocenters. The van der Waals surface area contributed by atoms with Crippen molar-refractivity contribution in [2.75, 3.05) is 5.32 Å². The van der Waals surface area contributed by atoms with Gasteiger partial charge in [0.1, 0.15) is 5.82 Å². The minimum atomic E-state index is -0.565. The van der Waals surface area contributed by atoms with Gasteiger partial charge >= 0.3 is 0 Å². The van der Waals surface area contributed by atoms with Crippen molar-refractivity contribution >= 4 is 22.6 Å². The highest BCUT2D eigenvalue weighted by Crippen LogP contribution is 2.10. The maximum atomic E-state index is 12.4. The van der Waals surface area contributed by atoms with Gasteiger partial charge in [-0.1, -0.05) is 12.1 Å². The number of aryl methyl sites for hydroxylation is 2. The molecule has 0 saturated carbocycles. The first-order valence-corrected chi connectivity index (χ1v) is 6.76. The maximum absolute atomic E-state index is 12.4. The van der Waals surface area contributed by atoms with Gasteiger partial charge in [0, 0.05) is 18.6 Å². The molecule has 6 nitrogen and oxygen atoms in total. The van der Waals surface area contributed by atoms with E-state index in [-0.39, 0.29) is 11.1 Å². The third-order valence-electron chi connectivity index (χ3n) is 3.33. The molecular weight excluding hydrogens is 280 g/mol. The number of pyridine rings is 1. The molecule has 6 heteroatoms. The fourth-order valence-electron chi connectivity index (χ4n) is 2.25. The van der Waals surface area contributed by atoms with Crippen LogP contribution in [0.1, 0.15) is 16.1 Å². The quantitative estimate of drug-likeness (QED) is 0.783. The Morgan fingerprint density at radius 1 is 1.23 bits per heavy atom. The van der Waals surface area contributed by atoms with Crippen LogP contribution in [-0.4, -0.2) is 20.7 Å². The number of benzene rings is 1. The average molecular weight is 294 g/mol. The second-order valence-corrected chi connectivity index (χ2v) is 4.99. The Morgan fingerprint density at radius 2 is 2.00 bits per heavy atom. The summed E-state index contributed by atoms with van der Waals surface area (Å²) in [5, 5.41) is 7.15. The van der Waals surface area contributed by atoms with Crippen LogP contribution in [0.15, 0.2) is 47.4 Å². The van der Waals surface area contributed by atoms with Gasteiger partial charge in [-0.15, -0.1) is 0 Å². The molecule has 1 N–H and O–H groups in total. The van der Waals surface area contributed by atoms with E-state index in [1.165, 1.54) is 4.68 Å². The Bertz CT molecular complexity index is 931. The zero-order valence-corrected chi connectivity index (χ0v) is 12.2. The van der Waals surface area contributed by atoms with Crippen LogP contribution in [0.3, 0.4) is 0 Å². The maximum Gasteiger partial charge on any atom is 0.281 e. The molecule has 0 radical (unpaired) electrons. The van der Waals surface area contributed by atoms with E-state index in [4.69, 9.17) is 0 Å². The summed E-state index contributed by atoms with van der Waals surface area (Å²) in [4.78, 5) is 28.8. The van der Waals surface area contributed by atoms with Crippen LogP contribution in [0.2, 0.25) is 0 Å². The van der Waals surface area contributed by atoms with Gasteiger partial charge < -0.3 is 5.32 Å². The summed E-state index contributed by atoms with van der Waals surface area (Å²) in [7, 11) is 1.70. The fourth-order valence-corrected chi connectivity index (χ4v) is 2.25. The van der Waals surface area contributed by atoms with E-state index in [0.29, 0.717) is 16.7 Å². The number of anilines is 1. The molecule has 0 aliphatic rings. The first kappa shape index (κ1) is 13.9. The number of carbonyl (C=O) groups excluding carboxylic acids is 1. The van der Waals surface area contributed by atoms with E-state index in [0.717, 1.165) is 5.56 Å². The second-order valence-electron chi connectivity index (χ2n) is 4.99. The highest BCUT2D eigenvalue weighted by Gasteiger charge is 2.16. The van der Waals surface area contributed by atoms with E-state index in [1.54, 1.807) is 37.5 Å². The van der Waals surface area contributed by atoms with E-state index in [1.807, 2.05) is 19.1 Å². The first-order valence-electron chi connectivity index (χ1n) is 6.76. The number of nitrogens with zero attached hydrogens (tertiary/aromatic N) is 3. The van der Waals surface area contributed by atoms with Crippen molar-refractivity contribution in [3.63, 3.8) is 0 Å². The zero-order valence-electron chi connectivity index (χ0n) is 12.2. The lowest BCUT2D eigenvalue weighted by atomic mass is 10.2. The highest BCUT2D eigenvalue weighted by atomic mass is 16.2. The number of fused-ring (bicyclic) bond motifs is 1. The summed E-state index contributed by atoms with van der Waals surface area (Å²) in [6.45, 7) is 1.89. The summed E-state index contributed by atoms with van der Waals surface area (Å²) >= 11 is 0. The van der Waals surface area contributed by atoms with Crippen molar-refractivity contribution in [1.29, 1.82) is 0 Å².